The summed E-state index contributed by atoms with van der Waals surface area (Å²) >= 11 is 0. The number of hydrogen-bond donors (Lipinski definition) is 0. The van der Waals surface area contributed by atoms with Crippen LogP contribution in [0, 0.1) is 5.92 Å². The van der Waals surface area contributed by atoms with E-state index in [0.717, 1.165) is 19.1 Å². The molecule has 0 spiro atoms. The average Bonchev–Trinajstić information content (AvgIpc) is 2.25. The van der Waals surface area contributed by atoms with Crippen LogP contribution in [0.15, 0.2) is 0 Å². The van der Waals surface area contributed by atoms with Crippen molar-refractivity contribution in [3.63, 3.8) is 0 Å². The van der Waals surface area contributed by atoms with Crippen LogP contribution in [0.2, 0.25) is 18.1 Å². The predicted molar refractivity (Wildman–Crippen MR) is 74.7 cm³/mol. The fourth-order valence-electron chi connectivity index (χ4n) is 2.21. The maximum Gasteiger partial charge on any atom is 0.193 e. The third-order valence-corrected chi connectivity index (χ3v) is 8.96. The summed E-state index contributed by atoms with van der Waals surface area (Å²) in [6.45, 7) is 11.1. The van der Waals surface area contributed by atoms with Gasteiger partial charge in [-0.15, -0.1) is 0 Å². The Morgan fingerprint density at radius 2 is 1.71 bits per heavy atom. The van der Waals surface area contributed by atoms with Crippen LogP contribution in [-0.4, -0.2) is 20.7 Å². The van der Waals surface area contributed by atoms with E-state index in [1.165, 1.54) is 19.3 Å². The molecule has 0 aliphatic heterocycles. The van der Waals surface area contributed by atoms with Crippen LogP contribution in [-0.2, 0) is 9.22 Å². The number of carbonyl (C=O) groups is 1. The van der Waals surface area contributed by atoms with Gasteiger partial charge in [0.15, 0.2) is 8.32 Å². The lowest BCUT2D eigenvalue weighted by molar-refractivity contribution is -0.117. The number of aldehydes is 1. The molecule has 3 heteroatoms. The van der Waals surface area contributed by atoms with Crippen molar-refractivity contribution in [1.29, 1.82) is 0 Å². The van der Waals surface area contributed by atoms with Gasteiger partial charge in [-0.25, -0.2) is 0 Å². The molecule has 0 radical (unpaired) electrons. The second-order valence-electron chi connectivity index (χ2n) is 6.88. The molecular formula is C14H28O2Si. The first-order valence-electron chi connectivity index (χ1n) is 6.91. The van der Waals surface area contributed by atoms with Gasteiger partial charge in [0.2, 0.25) is 0 Å². The molecule has 0 N–H and O–H groups in total. The Balaban J connectivity index is 2.65. The standard InChI is InChI=1S/C14H28O2Si/c1-14(2,3)17(4,5)16-13(11-15)12-9-7-6-8-10-12/h11-13H,6-10H2,1-5H3/t13-/m0/s1. The van der Waals surface area contributed by atoms with Gasteiger partial charge in [-0.2, -0.15) is 0 Å². The Kier molecular flexibility index (Phi) is 4.96. The molecule has 1 atom stereocenters. The fraction of sp³-hybridized carbons (Fsp3) is 0.929. The van der Waals surface area contributed by atoms with Gasteiger partial charge in [0.05, 0.1) is 0 Å². The summed E-state index contributed by atoms with van der Waals surface area (Å²) in [7, 11) is -1.80. The van der Waals surface area contributed by atoms with Crippen LogP contribution in [0.4, 0.5) is 0 Å². The molecule has 0 unspecified atom stereocenters. The highest BCUT2D eigenvalue weighted by molar-refractivity contribution is 6.74. The van der Waals surface area contributed by atoms with Crippen LogP contribution in [0.25, 0.3) is 0 Å². The van der Waals surface area contributed by atoms with E-state index in [1.807, 2.05) is 0 Å². The maximum atomic E-state index is 11.3. The predicted octanol–water partition coefficient (Wildman–Crippen LogP) is 4.16. The molecule has 1 rings (SSSR count). The molecule has 100 valence electrons. The summed E-state index contributed by atoms with van der Waals surface area (Å²) in [5.74, 6) is 0.468. The molecular weight excluding hydrogens is 228 g/mol. The first kappa shape index (κ1) is 14.9. The zero-order valence-electron chi connectivity index (χ0n) is 12.1. The molecule has 1 aliphatic carbocycles. The minimum Gasteiger partial charge on any atom is -0.407 e. The van der Waals surface area contributed by atoms with Crippen LogP contribution in [0.3, 0.4) is 0 Å². The summed E-state index contributed by atoms with van der Waals surface area (Å²) < 4.78 is 6.26. The van der Waals surface area contributed by atoms with Crippen molar-refractivity contribution in [3.05, 3.63) is 0 Å². The molecule has 0 aromatic rings. The van der Waals surface area contributed by atoms with E-state index in [9.17, 15) is 4.79 Å². The summed E-state index contributed by atoms with van der Waals surface area (Å²) in [6, 6.07) is 0. The van der Waals surface area contributed by atoms with Crippen LogP contribution in [0.1, 0.15) is 52.9 Å². The molecule has 0 aromatic carbocycles. The van der Waals surface area contributed by atoms with Gasteiger partial charge in [-0.1, -0.05) is 40.0 Å². The summed E-state index contributed by atoms with van der Waals surface area (Å²) in [6.07, 6.45) is 7.07. The van der Waals surface area contributed by atoms with Gasteiger partial charge >= 0.3 is 0 Å². The minimum atomic E-state index is -1.80. The second-order valence-corrected chi connectivity index (χ2v) is 11.6. The third kappa shape index (κ3) is 3.92. The molecule has 0 aromatic heterocycles. The Morgan fingerprint density at radius 3 is 2.12 bits per heavy atom. The molecule has 2 nitrogen and oxygen atoms in total. The first-order chi connectivity index (χ1) is 7.78. The van der Waals surface area contributed by atoms with Gasteiger partial charge < -0.3 is 9.22 Å². The highest BCUT2D eigenvalue weighted by Gasteiger charge is 2.40. The van der Waals surface area contributed by atoms with Crippen LogP contribution < -0.4 is 0 Å². The first-order valence-corrected chi connectivity index (χ1v) is 9.82. The van der Waals surface area contributed by atoms with E-state index in [2.05, 4.69) is 33.9 Å². The van der Waals surface area contributed by atoms with Gasteiger partial charge in [-0.3, -0.25) is 0 Å². The van der Waals surface area contributed by atoms with Crippen LogP contribution in [0.5, 0.6) is 0 Å². The molecule has 0 saturated heterocycles. The number of carbonyl (C=O) groups excluding carboxylic acids is 1. The highest BCUT2D eigenvalue weighted by atomic mass is 28.4. The molecule has 1 saturated carbocycles. The summed E-state index contributed by atoms with van der Waals surface area (Å²) in [4.78, 5) is 11.3. The molecule has 0 bridgehead atoms. The van der Waals surface area contributed by atoms with E-state index in [0.29, 0.717) is 5.92 Å². The van der Waals surface area contributed by atoms with Crippen molar-refractivity contribution in [1.82, 2.24) is 0 Å². The van der Waals surface area contributed by atoms with Crippen molar-refractivity contribution in [2.75, 3.05) is 0 Å². The number of rotatable bonds is 4. The monoisotopic (exact) mass is 256 g/mol. The molecule has 1 fully saturated rings. The zero-order chi connectivity index (χ0) is 13.1. The van der Waals surface area contributed by atoms with Crippen molar-refractivity contribution in [2.45, 2.75) is 77.1 Å². The summed E-state index contributed by atoms with van der Waals surface area (Å²) in [5.41, 5.74) is 0. The molecule has 17 heavy (non-hydrogen) atoms. The second kappa shape index (κ2) is 5.66. The lowest BCUT2D eigenvalue weighted by atomic mass is 9.86. The van der Waals surface area contributed by atoms with Crippen molar-refractivity contribution >= 4 is 14.6 Å². The largest absolute Gasteiger partial charge is 0.407 e. The topological polar surface area (TPSA) is 26.3 Å². The summed E-state index contributed by atoms with van der Waals surface area (Å²) in [5, 5.41) is 0.183. The minimum absolute atomic E-state index is 0.156. The lowest BCUT2D eigenvalue weighted by Crippen LogP contribution is -2.46. The van der Waals surface area contributed by atoms with Gasteiger partial charge in [0, 0.05) is 0 Å². The zero-order valence-corrected chi connectivity index (χ0v) is 13.1. The lowest BCUT2D eigenvalue weighted by Gasteiger charge is -2.40. The van der Waals surface area contributed by atoms with E-state index >= 15 is 0 Å². The molecule has 0 heterocycles. The maximum absolute atomic E-state index is 11.3. The average molecular weight is 256 g/mol. The Labute approximate surface area is 107 Å². The highest BCUT2D eigenvalue weighted by Crippen LogP contribution is 2.39. The molecule has 0 amide bonds. The SMILES string of the molecule is CC(C)(C)[Si](C)(C)O[C@@H](C=O)C1CCCCC1. The smallest absolute Gasteiger partial charge is 0.193 e. The van der Waals surface area contributed by atoms with E-state index in [-0.39, 0.29) is 11.1 Å². The molecule has 1 aliphatic rings. The quantitative estimate of drug-likeness (QED) is 0.558. The van der Waals surface area contributed by atoms with Gasteiger partial charge in [-0.05, 0) is 36.9 Å². The fourth-order valence-corrected chi connectivity index (χ4v) is 3.50. The normalized spacial score (nSPS) is 21.2. The van der Waals surface area contributed by atoms with E-state index < -0.39 is 8.32 Å². The Hall–Kier alpha value is -0.153. The number of hydrogen-bond acceptors (Lipinski definition) is 2. The van der Waals surface area contributed by atoms with E-state index in [4.69, 9.17) is 4.43 Å². The van der Waals surface area contributed by atoms with Crippen molar-refractivity contribution in [3.8, 4) is 0 Å². The van der Waals surface area contributed by atoms with Crippen molar-refractivity contribution in [2.24, 2.45) is 5.92 Å². The Bertz CT molecular complexity index is 249. The third-order valence-electron chi connectivity index (χ3n) is 4.49. The van der Waals surface area contributed by atoms with Crippen molar-refractivity contribution < 1.29 is 9.22 Å². The Morgan fingerprint density at radius 1 is 1.18 bits per heavy atom. The van der Waals surface area contributed by atoms with Crippen LogP contribution >= 0.6 is 0 Å². The van der Waals surface area contributed by atoms with Gasteiger partial charge in [0.1, 0.15) is 12.4 Å². The van der Waals surface area contributed by atoms with Gasteiger partial charge in [0.25, 0.3) is 0 Å². The van der Waals surface area contributed by atoms with E-state index in [1.54, 1.807) is 0 Å².